The van der Waals surface area contributed by atoms with Crippen LogP contribution in [0, 0.1) is 0 Å². The second kappa shape index (κ2) is 6.86. The van der Waals surface area contributed by atoms with Gasteiger partial charge in [-0.3, -0.25) is 4.79 Å². The number of carbonyl (C=O) groups is 1. The molecule has 1 unspecified atom stereocenters. The van der Waals surface area contributed by atoms with E-state index in [0.717, 1.165) is 5.75 Å². The van der Waals surface area contributed by atoms with E-state index < -0.39 is 6.10 Å². The van der Waals surface area contributed by atoms with E-state index in [1.165, 1.54) is 0 Å². The van der Waals surface area contributed by atoms with Crippen molar-refractivity contribution in [3.63, 3.8) is 0 Å². The van der Waals surface area contributed by atoms with E-state index in [-0.39, 0.29) is 18.6 Å². The van der Waals surface area contributed by atoms with Crippen LogP contribution in [0.5, 0.6) is 11.5 Å². The number of nitrogens with one attached hydrogen (secondary N) is 1. The first-order valence-electron chi connectivity index (χ1n) is 5.78. The van der Waals surface area contributed by atoms with Gasteiger partial charge in [0.05, 0.1) is 13.7 Å². The number of hydrogen-bond acceptors (Lipinski definition) is 4. The number of amides is 1. The minimum absolute atomic E-state index is 0.0962. The molecule has 1 rings (SSSR count). The number of methoxy groups -OCH3 is 1. The van der Waals surface area contributed by atoms with Gasteiger partial charge in [0.2, 0.25) is 0 Å². The van der Waals surface area contributed by atoms with Crippen molar-refractivity contribution in [2.75, 3.05) is 13.7 Å². The molecule has 0 radical (unpaired) electrons. The normalized spacial score (nSPS) is 13.6. The Balaban J connectivity index is 2.52. The predicted octanol–water partition coefficient (Wildman–Crippen LogP) is 0.959. The zero-order valence-electron chi connectivity index (χ0n) is 10.8. The van der Waals surface area contributed by atoms with Crippen LogP contribution >= 0.6 is 0 Å². The summed E-state index contributed by atoms with van der Waals surface area (Å²) in [4.78, 5) is 11.7. The Morgan fingerprint density at radius 1 is 1.28 bits per heavy atom. The molecule has 0 aromatic heterocycles. The molecule has 0 spiro atoms. The summed E-state index contributed by atoms with van der Waals surface area (Å²) in [5.74, 6) is 1.07. The van der Waals surface area contributed by atoms with Gasteiger partial charge in [-0.25, -0.2) is 0 Å². The van der Waals surface area contributed by atoms with Gasteiger partial charge in [-0.15, -0.1) is 0 Å². The summed E-state index contributed by atoms with van der Waals surface area (Å²) in [6, 6.07) is 6.71. The summed E-state index contributed by atoms with van der Waals surface area (Å²) < 4.78 is 10.5. The highest BCUT2D eigenvalue weighted by atomic mass is 16.5. The highest BCUT2D eigenvalue weighted by Gasteiger charge is 2.16. The van der Waals surface area contributed by atoms with E-state index >= 15 is 0 Å². The fraction of sp³-hybridized carbons (Fsp3) is 0.462. The first-order chi connectivity index (χ1) is 8.56. The Kier molecular flexibility index (Phi) is 5.45. The molecule has 0 aliphatic rings. The van der Waals surface area contributed by atoms with Crippen molar-refractivity contribution in [3.8, 4) is 11.5 Å². The van der Waals surface area contributed by atoms with E-state index in [1.807, 2.05) is 0 Å². The minimum Gasteiger partial charge on any atom is -0.497 e. The standard InChI is InChI=1S/C13H19NO4/c1-9(8-15)14-13(16)10(2)18-12-6-4-11(17-3)5-7-12/h4-7,9-10,15H,8H2,1-3H3,(H,14,16)/t9-,10?/m1/s1. The van der Waals surface area contributed by atoms with Gasteiger partial charge < -0.3 is 19.9 Å². The number of carbonyl (C=O) groups excluding carboxylic acids is 1. The highest BCUT2D eigenvalue weighted by molar-refractivity contribution is 5.80. The molecule has 0 saturated carbocycles. The summed E-state index contributed by atoms with van der Waals surface area (Å²) in [6.07, 6.45) is -0.618. The lowest BCUT2D eigenvalue weighted by molar-refractivity contribution is -0.128. The molecule has 0 aliphatic heterocycles. The molecule has 1 aromatic rings. The molecular weight excluding hydrogens is 234 g/mol. The van der Waals surface area contributed by atoms with Crippen molar-refractivity contribution in [1.29, 1.82) is 0 Å². The Hall–Kier alpha value is -1.75. The smallest absolute Gasteiger partial charge is 0.261 e. The van der Waals surface area contributed by atoms with Crippen molar-refractivity contribution in [2.45, 2.75) is 26.0 Å². The summed E-state index contributed by atoms with van der Waals surface area (Å²) in [5, 5.41) is 11.5. The summed E-state index contributed by atoms with van der Waals surface area (Å²) in [6.45, 7) is 3.28. The maximum Gasteiger partial charge on any atom is 0.261 e. The molecule has 0 saturated heterocycles. The van der Waals surface area contributed by atoms with Crippen LogP contribution in [0.4, 0.5) is 0 Å². The molecule has 0 aliphatic carbocycles. The molecule has 0 heterocycles. The highest BCUT2D eigenvalue weighted by Crippen LogP contribution is 2.18. The second-order valence-electron chi connectivity index (χ2n) is 4.03. The van der Waals surface area contributed by atoms with Crippen molar-refractivity contribution < 1.29 is 19.4 Å². The average molecular weight is 253 g/mol. The fourth-order valence-electron chi connectivity index (χ4n) is 1.32. The molecule has 0 bridgehead atoms. The number of rotatable bonds is 6. The molecule has 5 nitrogen and oxygen atoms in total. The van der Waals surface area contributed by atoms with Gasteiger partial charge in [0, 0.05) is 6.04 Å². The van der Waals surface area contributed by atoms with Crippen LogP contribution in [0.15, 0.2) is 24.3 Å². The topological polar surface area (TPSA) is 67.8 Å². The third-order valence-electron chi connectivity index (χ3n) is 2.40. The van der Waals surface area contributed by atoms with Crippen LogP contribution in [0.2, 0.25) is 0 Å². The van der Waals surface area contributed by atoms with Gasteiger partial charge >= 0.3 is 0 Å². The summed E-state index contributed by atoms with van der Waals surface area (Å²) in [7, 11) is 1.59. The van der Waals surface area contributed by atoms with E-state index in [9.17, 15) is 4.79 Å². The van der Waals surface area contributed by atoms with Gasteiger partial charge in [0.25, 0.3) is 5.91 Å². The largest absolute Gasteiger partial charge is 0.497 e. The first kappa shape index (κ1) is 14.3. The molecule has 1 amide bonds. The molecule has 1 aromatic carbocycles. The summed E-state index contributed by atoms with van der Waals surface area (Å²) >= 11 is 0. The Labute approximate surface area is 107 Å². The maximum atomic E-state index is 11.7. The number of aliphatic hydroxyl groups excluding tert-OH is 1. The third kappa shape index (κ3) is 4.25. The van der Waals surface area contributed by atoms with Crippen LogP contribution in [-0.4, -0.2) is 36.9 Å². The number of ether oxygens (including phenoxy) is 2. The van der Waals surface area contributed by atoms with Crippen molar-refractivity contribution in [3.05, 3.63) is 24.3 Å². The minimum atomic E-state index is -0.618. The molecule has 0 fully saturated rings. The Bertz CT molecular complexity index is 377. The number of benzene rings is 1. The lowest BCUT2D eigenvalue weighted by Gasteiger charge is -2.17. The van der Waals surface area contributed by atoms with Crippen LogP contribution in [0.3, 0.4) is 0 Å². The van der Waals surface area contributed by atoms with Crippen LogP contribution in [0.25, 0.3) is 0 Å². The van der Waals surface area contributed by atoms with Gasteiger partial charge in [-0.2, -0.15) is 0 Å². The fourth-order valence-corrected chi connectivity index (χ4v) is 1.32. The van der Waals surface area contributed by atoms with Crippen LogP contribution < -0.4 is 14.8 Å². The zero-order valence-corrected chi connectivity index (χ0v) is 10.8. The van der Waals surface area contributed by atoms with E-state index in [1.54, 1.807) is 45.2 Å². The third-order valence-corrected chi connectivity index (χ3v) is 2.40. The second-order valence-corrected chi connectivity index (χ2v) is 4.03. The number of hydrogen-bond donors (Lipinski definition) is 2. The van der Waals surface area contributed by atoms with Crippen LogP contribution in [-0.2, 0) is 4.79 Å². The zero-order chi connectivity index (χ0) is 13.5. The molecule has 2 atom stereocenters. The maximum absolute atomic E-state index is 11.7. The number of aliphatic hydroxyl groups is 1. The summed E-state index contributed by atoms with van der Waals surface area (Å²) in [5.41, 5.74) is 0. The first-order valence-corrected chi connectivity index (χ1v) is 5.78. The van der Waals surface area contributed by atoms with Gasteiger partial charge in [-0.05, 0) is 38.1 Å². The monoisotopic (exact) mass is 253 g/mol. The van der Waals surface area contributed by atoms with Crippen molar-refractivity contribution in [1.82, 2.24) is 5.32 Å². The molecule has 18 heavy (non-hydrogen) atoms. The molecule has 100 valence electrons. The van der Waals surface area contributed by atoms with Crippen molar-refractivity contribution >= 4 is 5.91 Å². The van der Waals surface area contributed by atoms with E-state index in [2.05, 4.69) is 5.32 Å². The molecule has 2 N–H and O–H groups in total. The lowest BCUT2D eigenvalue weighted by atomic mass is 10.3. The van der Waals surface area contributed by atoms with Crippen molar-refractivity contribution in [2.24, 2.45) is 0 Å². The lowest BCUT2D eigenvalue weighted by Crippen LogP contribution is -2.42. The SMILES string of the molecule is COc1ccc(OC(C)C(=O)N[C@H](C)CO)cc1. The van der Waals surface area contributed by atoms with Crippen LogP contribution in [0.1, 0.15) is 13.8 Å². The quantitative estimate of drug-likeness (QED) is 0.792. The Morgan fingerprint density at radius 2 is 1.83 bits per heavy atom. The van der Waals surface area contributed by atoms with Gasteiger partial charge in [0.1, 0.15) is 11.5 Å². The van der Waals surface area contributed by atoms with Gasteiger partial charge in [0.15, 0.2) is 6.10 Å². The molecular formula is C13H19NO4. The van der Waals surface area contributed by atoms with Gasteiger partial charge in [-0.1, -0.05) is 0 Å². The average Bonchev–Trinajstić information content (AvgIpc) is 2.39. The van der Waals surface area contributed by atoms with E-state index in [0.29, 0.717) is 5.75 Å². The predicted molar refractivity (Wildman–Crippen MR) is 67.8 cm³/mol. The molecule has 5 heteroatoms. The Morgan fingerprint density at radius 3 is 2.33 bits per heavy atom. The van der Waals surface area contributed by atoms with E-state index in [4.69, 9.17) is 14.6 Å².